The molecule has 0 spiro atoms. The van der Waals surface area contributed by atoms with Crippen LogP contribution in [0.3, 0.4) is 0 Å². The summed E-state index contributed by atoms with van der Waals surface area (Å²) in [6.45, 7) is 15.3. The van der Waals surface area contributed by atoms with E-state index >= 15 is 0 Å². The minimum Gasteiger partial charge on any atom is -0.330 e. The molecule has 0 aliphatic carbocycles. The van der Waals surface area contributed by atoms with Crippen LogP contribution in [0.25, 0.3) is 0 Å². The molecule has 15 heavy (non-hydrogen) atoms. The van der Waals surface area contributed by atoms with Gasteiger partial charge in [-0.1, -0.05) is 27.7 Å². The zero-order valence-electron chi connectivity index (χ0n) is 11.2. The first-order valence-electron chi connectivity index (χ1n) is 6.06. The molecule has 0 unspecified atom stereocenters. The van der Waals surface area contributed by atoms with Crippen molar-refractivity contribution in [2.24, 2.45) is 11.1 Å². The molecule has 0 saturated heterocycles. The second-order valence-electron chi connectivity index (χ2n) is 5.13. The van der Waals surface area contributed by atoms with Crippen LogP contribution in [0, 0.1) is 5.41 Å². The standard InChI is InChI=1S/C12H29N3/c1-6-15(7-2)9-8-14(5)11-12(3,4)10-13/h6-11,13H2,1-5H3. The van der Waals surface area contributed by atoms with Crippen LogP contribution in [0.15, 0.2) is 0 Å². The van der Waals surface area contributed by atoms with Crippen molar-refractivity contribution in [2.45, 2.75) is 27.7 Å². The Morgan fingerprint density at radius 3 is 2.00 bits per heavy atom. The quantitative estimate of drug-likeness (QED) is 0.661. The normalized spacial score (nSPS) is 12.8. The Morgan fingerprint density at radius 2 is 1.60 bits per heavy atom. The van der Waals surface area contributed by atoms with Crippen molar-refractivity contribution >= 4 is 0 Å². The fourth-order valence-electron chi connectivity index (χ4n) is 1.73. The lowest BCUT2D eigenvalue weighted by Gasteiger charge is -2.30. The molecular weight excluding hydrogens is 186 g/mol. The number of hydrogen-bond donors (Lipinski definition) is 1. The van der Waals surface area contributed by atoms with Gasteiger partial charge in [-0.25, -0.2) is 0 Å². The Morgan fingerprint density at radius 1 is 1.07 bits per heavy atom. The van der Waals surface area contributed by atoms with Crippen LogP contribution < -0.4 is 5.73 Å². The second kappa shape index (κ2) is 7.20. The minimum absolute atomic E-state index is 0.234. The fraction of sp³-hybridized carbons (Fsp3) is 1.00. The Labute approximate surface area is 95.6 Å². The van der Waals surface area contributed by atoms with Crippen molar-refractivity contribution in [3.8, 4) is 0 Å². The molecule has 3 nitrogen and oxygen atoms in total. The topological polar surface area (TPSA) is 32.5 Å². The highest BCUT2D eigenvalue weighted by Crippen LogP contribution is 2.13. The predicted octanol–water partition coefficient (Wildman–Crippen LogP) is 1.24. The smallest absolute Gasteiger partial charge is 0.0109 e. The summed E-state index contributed by atoms with van der Waals surface area (Å²) in [5, 5.41) is 0. The van der Waals surface area contributed by atoms with Crippen LogP contribution in [-0.4, -0.2) is 56.1 Å². The van der Waals surface area contributed by atoms with Crippen LogP contribution in [0.1, 0.15) is 27.7 Å². The Bertz CT molecular complexity index is 153. The molecule has 0 amide bonds. The van der Waals surface area contributed by atoms with Gasteiger partial charge in [0.25, 0.3) is 0 Å². The van der Waals surface area contributed by atoms with Crippen molar-refractivity contribution in [3.63, 3.8) is 0 Å². The zero-order valence-corrected chi connectivity index (χ0v) is 11.2. The van der Waals surface area contributed by atoms with Gasteiger partial charge in [-0.15, -0.1) is 0 Å². The highest BCUT2D eigenvalue weighted by atomic mass is 15.2. The van der Waals surface area contributed by atoms with E-state index in [1.807, 2.05) is 0 Å². The maximum absolute atomic E-state index is 5.73. The highest BCUT2D eigenvalue weighted by molar-refractivity contribution is 4.73. The molecule has 0 heterocycles. The molecule has 0 aromatic rings. The third-order valence-electron chi connectivity index (χ3n) is 2.94. The van der Waals surface area contributed by atoms with Gasteiger partial charge in [-0.2, -0.15) is 0 Å². The number of likely N-dealkylation sites (N-methyl/N-ethyl adjacent to an activating group) is 2. The lowest BCUT2D eigenvalue weighted by molar-refractivity contribution is 0.186. The summed E-state index contributed by atoms with van der Waals surface area (Å²) in [7, 11) is 2.18. The van der Waals surface area contributed by atoms with Gasteiger partial charge in [-0.3, -0.25) is 0 Å². The van der Waals surface area contributed by atoms with E-state index in [2.05, 4.69) is 44.5 Å². The average Bonchev–Trinajstić information content (AvgIpc) is 2.19. The van der Waals surface area contributed by atoms with E-state index in [9.17, 15) is 0 Å². The van der Waals surface area contributed by atoms with Crippen molar-refractivity contribution in [1.82, 2.24) is 9.80 Å². The van der Waals surface area contributed by atoms with Gasteiger partial charge in [0.05, 0.1) is 0 Å². The maximum atomic E-state index is 5.73. The molecule has 3 heteroatoms. The van der Waals surface area contributed by atoms with E-state index in [1.54, 1.807) is 0 Å². The first kappa shape index (κ1) is 14.9. The molecule has 0 bridgehead atoms. The minimum atomic E-state index is 0.234. The lowest BCUT2D eigenvalue weighted by Crippen LogP contribution is -2.40. The van der Waals surface area contributed by atoms with Gasteiger partial charge in [0.2, 0.25) is 0 Å². The Balaban J connectivity index is 3.78. The molecular formula is C12H29N3. The molecule has 0 aliphatic rings. The van der Waals surface area contributed by atoms with E-state index in [0.717, 1.165) is 39.3 Å². The summed E-state index contributed by atoms with van der Waals surface area (Å²) in [6.07, 6.45) is 0. The van der Waals surface area contributed by atoms with E-state index in [-0.39, 0.29) is 5.41 Å². The Hall–Kier alpha value is -0.120. The van der Waals surface area contributed by atoms with E-state index in [1.165, 1.54) is 0 Å². The number of nitrogens with two attached hydrogens (primary N) is 1. The average molecular weight is 215 g/mol. The Kier molecular flexibility index (Phi) is 7.14. The first-order chi connectivity index (χ1) is 6.95. The molecule has 0 rings (SSSR count). The molecule has 92 valence electrons. The van der Waals surface area contributed by atoms with E-state index in [4.69, 9.17) is 5.73 Å². The summed E-state index contributed by atoms with van der Waals surface area (Å²) in [6, 6.07) is 0. The van der Waals surface area contributed by atoms with Gasteiger partial charge >= 0.3 is 0 Å². The summed E-state index contributed by atoms with van der Waals surface area (Å²) >= 11 is 0. The van der Waals surface area contributed by atoms with Crippen LogP contribution in [0.5, 0.6) is 0 Å². The van der Waals surface area contributed by atoms with Crippen molar-refractivity contribution in [2.75, 3.05) is 46.3 Å². The van der Waals surface area contributed by atoms with Crippen LogP contribution >= 0.6 is 0 Å². The molecule has 0 saturated carbocycles. The largest absolute Gasteiger partial charge is 0.330 e. The summed E-state index contributed by atoms with van der Waals surface area (Å²) < 4.78 is 0. The van der Waals surface area contributed by atoms with Crippen LogP contribution in [-0.2, 0) is 0 Å². The SMILES string of the molecule is CCN(CC)CCN(C)CC(C)(C)CN. The van der Waals surface area contributed by atoms with Crippen molar-refractivity contribution in [3.05, 3.63) is 0 Å². The van der Waals surface area contributed by atoms with Gasteiger partial charge < -0.3 is 15.5 Å². The van der Waals surface area contributed by atoms with Crippen LogP contribution in [0.2, 0.25) is 0 Å². The van der Waals surface area contributed by atoms with Gasteiger partial charge in [0, 0.05) is 19.6 Å². The van der Waals surface area contributed by atoms with E-state index in [0.29, 0.717) is 0 Å². The van der Waals surface area contributed by atoms with E-state index < -0.39 is 0 Å². The molecule has 0 radical (unpaired) electrons. The highest BCUT2D eigenvalue weighted by Gasteiger charge is 2.17. The summed E-state index contributed by atoms with van der Waals surface area (Å²) in [4.78, 5) is 4.83. The van der Waals surface area contributed by atoms with Gasteiger partial charge in [-0.05, 0) is 32.1 Å². The van der Waals surface area contributed by atoms with Gasteiger partial charge in [0.1, 0.15) is 0 Å². The number of nitrogens with zero attached hydrogens (tertiary/aromatic N) is 2. The second-order valence-corrected chi connectivity index (χ2v) is 5.13. The molecule has 0 atom stereocenters. The maximum Gasteiger partial charge on any atom is 0.0109 e. The van der Waals surface area contributed by atoms with Gasteiger partial charge in [0.15, 0.2) is 0 Å². The predicted molar refractivity (Wildman–Crippen MR) is 68.1 cm³/mol. The summed E-state index contributed by atoms with van der Waals surface area (Å²) in [5.41, 5.74) is 5.96. The monoisotopic (exact) mass is 215 g/mol. The molecule has 0 aliphatic heterocycles. The molecule has 0 aromatic carbocycles. The van der Waals surface area contributed by atoms with Crippen LogP contribution in [0.4, 0.5) is 0 Å². The zero-order chi connectivity index (χ0) is 11.9. The fourth-order valence-corrected chi connectivity index (χ4v) is 1.73. The lowest BCUT2D eigenvalue weighted by atomic mass is 9.93. The van der Waals surface area contributed by atoms with Crippen molar-refractivity contribution < 1.29 is 0 Å². The first-order valence-corrected chi connectivity index (χ1v) is 6.06. The summed E-state index contributed by atoms with van der Waals surface area (Å²) in [5.74, 6) is 0. The molecule has 2 N–H and O–H groups in total. The third kappa shape index (κ3) is 6.88. The van der Waals surface area contributed by atoms with Crippen molar-refractivity contribution in [1.29, 1.82) is 0 Å². The number of hydrogen-bond acceptors (Lipinski definition) is 3. The third-order valence-corrected chi connectivity index (χ3v) is 2.94. The number of rotatable bonds is 8. The molecule has 0 fully saturated rings. The molecule has 0 aromatic heterocycles.